The number of hydrogen-bond acceptors (Lipinski definition) is 2. The first-order valence-corrected chi connectivity index (χ1v) is 6.76. The van der Waals surface area contributed by atoms with Crippen LogP contribution >= 0.6 is 0 Å². The predicted molar refractivity (Wildman–Crippen MR) is 71.7 cm³/mol. The maximum atomic E-state index is 13.0. The number of carbonyl (C=O) groups excluding carboxylic acids is 1. The molecule has 1 fully saturated rings. The zero-order valence-corrected chi connectivity index (χ0v) is 11.2. The second kappa shape index (κ2) is 6.03. The Hall–Kier alpha value is -1.91. The third-order valence-corrected chi connectivity index (χ3v) is 3.89. The van der Waals surface area contributed by atoms with E-state index in [2.05, 4.69) is 5.32 Å². The molecule has 2 N–H and O–H groups in total. The van der Waals surface area contributed by atoms with E-state index in [1.54, 1.807) is 12.1 Å². The van der Waals surface area contributed by atoms with Crippen molar-refractivity contribution >= 4 is 11.9 Å². The molecule has 1 aromatic rings. The van der Waals surface area contributed by atoms with Gasteiger partial charge in [-0.1, -0.05) is 25.0 Å². The summed E-state index contributed by atoms with van der Waals surface area (Å²) in [6.07, 6.45) is 3.02. The van der Waals surface area contributed by atoms with Gasteiger partial charge in [0.2, 0.25) is 5.91 Å². The first-order chi connectivity index (χ1) is 9.52. The highest BCUT2D eigenvalue weighted by Gasteiger charge is 2.41. The maximum absolute atomic E-state index is 13.0. The minimum absolute atomic E-state index is 0.0630. The summed E-state index contributed by atoms with van der Waals surface area (Å²) in [6.45, 7) is 0.149. The summed E-state index contributed by atoms with van der Waals surface area (Å²) in [5.41, 5.74) is -0.240. The average Bonchev–Trinajstić information content (AvgIpc) is 2.86. The largest absolute Gasteiger partial charge is 0.481 e. The SMILES string of the molecule is O=C(Cc1cccc(F)c1)NCC1(C(=O)O)CCCC1. The molecule has 0 aliphatic heterocycles. The number of carbonyl (C=O) groups is 2. The zero-order chi connectivity index (χ0) is 14.6. The fraction of sp³-hybridized carbons (Fsp3) is 0.467. The van der Waals surface area contributed by atoms with Crippen molar-refractivity contribution < 1.29 is 19.1 Å². The van der Waals surface area contributed by atoms with E-state index in [0.717, 1.165) is 12.8 Å². The number of benzene rings is 1. The van der Waals surface area contributed by atoms with E-state index < -0.39 is 11.4 Å². The predicted octanol–water partition coefficient (Wildman–Crippen LogP) is 2.13. The van der Waals surface area contributed by atoms with Gasteiger partial charge in [-0.15, -0.1) is 0 Å². The molecule has 0 saturated heterocycles. The first kappa shape index (κ1) is 14.5. The van der Waals surface area contributed by atoms with E-state index in [0.29, 0.717) is 18.4 Å². The van der Waals surface area contributed by atoms with E-state index in [1.807, 2.05) is 0 Å². The third-order valence-electron chi connectivity index (χ3n) is 3.89. The van der Waals surface area contributed by atoms with E-state index in [1.165, 1.54) is 12.1 Å². The molecule has 0 aromatic heterocycles. The second-order valence-electron chi connectivity index (χ2n) is 5.38. The molecule has 20 heavy (non-hydrogen) atoms. The quantitative estimate of drug-likeness (QED) is 0.867. The maximum Gasteiger partial charge on any atom is 0.311 e. The molecule has 0 spiro atoms. The van der Waals surface area contributed by atoms with Crippen LogP contribution in [0.1, 0.15) is 31.2 Å². The molecule has 2 rings (SSSR count). The number of nitrogens with one attached hydrogen (secondary N) is 1. The van der Waals surface area contributed by atoms with Gasteiger partial charge < -0.3 is 10.4 Å². The Labute approximate surface area is 117 Å². The highest BCUT2D eigenvalue weighted by Crippen LogP contribution is 2.37. The average molecular weight is 279 g/mol. The number of halogens is 1. The van der Waals surface area contributed by atoms with Crippen LogP contribution in [0.4, 0.5) is 4.39 Å². The molecule has 1 aliphatic rings. The van der Waals surface area contributed by atoms with Crippen LogP contribution in [0, 0.1) is 11.2 Å². The van der Waals surface area contributed by atoms with Crippen molar-refractivity contribution in [1.29, 1.82) is 0 Å². The number of aliphatic carboxylic acids is 1. The molecule has 1 aliphatic carbocycles. The lowest BCUT2D eigenvalue weighted by Gasteiger charge is -2.23. The molecule has 0 atom stereocenters. The Morgan fingerprint density at radius 3 is 2.60 bits per heavy atom. The Balaban J connectivity index is 1.90. The van der Waals surface area contributed by atoms with Crippen LogP contribution in [0.2, 0.25) is 0 Å². The smallest absolute Gasteiger partial charge is 0.311 e. The minimum atomic E-state index is -0.846. The Kier molecular flexibility index (Phi) is 4.37. The summed E-state index contributed by atoms with van der Waals surface area (Å²) in [4.78, 5) is 23.2. The van der Waals surface area contributed by atoms with Crippen LogP contribution in [-0.2, 0) is 16.0 Å². The molecule has 4 nitrogen and oxygen atoms in total. The lowest BCUT2D eigenvalue weighted by Crippen LogP contribution is -2.41. The fourth-order valence-electron chi connectivity index (χ4n) is 2.68. The normalized spacial score (nSPS) is 16.9. The van der Waals surface area contributed by atoms with Crippen LogP contribution in [0.3, 0.4) is 0 Å². The number of rotatable bonds is 5. The van der Waals surface area contributed by atoms with Gasteiger partial charge in [0.05, 0.1) is 11.8 Å². The van der Waals surface area contributed by atoms with E-state index in [9.17, 15) is 19.1 Å². The van der Waals surface area contributed by atoms with Crippen molar-refractivity contribution in [3.8, 4) is 0 Å². The summed E-state index contributed by atoms with van der Waals surface area (Å²) in [5.74, 6) is -1.50. The minimum Gasteiger partial charge on any atom is -0.481 e. The van der Waals surface area contributed by atoms with E-state index in [4.69, 9.17) is 0 Å². The van der Waals surface area contributed by atoms with Gasteiger partial charge in [0.25, 0.3) is 0 Å². The second-order valence-corrected chi connectivity index (χ2v) is 5.38. The Morgan fingerprint density at radius 2 is 2.00 bits per heavy atom. The third kappa shape index (κ3) is 3.35. The molecule has 0 radical (unpaired) electrons. The highest BCUT2D eigenvalue weighted by atomic mass is 19.1. The van der Waals surface area contributed by atoms with Crippen molar-refractivity contribution in [2.24, 2.45) is 5.41 Å². The van der Waals surface area contributed by atoms with Gasteiger partial charge >= 0.3 is 5.97 Å². The number of carboxylic acids is 1. The topological polar surface area (TPSA) is 66.4 Å². The number of hydrogen-bond donors (Lipinski definition) is 2. The van der Waals surface area contributed by atoms with Crippen molar-refractivity contribution in [3.05, 3.63) is 35.6 Å². The summed E-state index contributed by atoms with van der Waals surface area (Å²) < 4.78 is 13.0. The van der Waals surface area contributed by atoms with Gasteiger partial charge in [-0.2, -0.15) is 0 Å². The fourth-order valence-corrected chi connectivity index (χ4v) is 2.68. The lowest BCUT2D eigenvalue weighted by molar-refractivity contribution is -0.148. The van der Waals surface area contributed by atoms with Crippen molar-refractivity contribution in [1.82, 2.24) is 5.32 Å². The Morgan fingerprint density at radius 1 is 1.30 bits per heavy atom. The summed E-state index contributed by atoms with van der Waals surface area (Å²) in [7, 11) is 0. The van der Waals surface area contributed by atoms with Gasteiger partial charge in [0.15, 0.2) is 0 Å². The van der Waals surface area contributed by atoms with Gasteiger partial charge in [-0.25, -0.2) is 4.39 Å². The van der Waals surface area contributed by atoms with Crippen molar-refractivity contribution in [2.75, 3.05) is 6.54 Å². The summed E-state index contributed by atoms with van der Waals surface area (Å²) >= 11 is 0. The first-order valence-electron chi connectivity index (χ1n) is 6.76. The van der Waals surface area contributed by atoms with Crippen LogP contribution in [-0.4, -0.2) is 23.5 Å². The molecule has 108 valence electrons. The molecule has 1 aromatic carbocycles. The zero-order valence-electron chi connectivity index (χ0n) is 11.2. The molecule has 5 heteroatoms. The van der Waals surface area contributed by atoms with E-state index >= 15 is 0 Å². The van der Waals surface area contributed by atoms with Gasteiger partial charge in [0.1, 0.15) is 5.82 Å². The van der Waals surface area contributed by atoms with Gasteiger partial charge in [0, 0.05) is 6.54 Å². The standard InChI is InChI=1S/C15H18FNO3/c16-12-5-3-4-11(8-12)9-13(18)17-10-15(14(19)20)6-1-2-7-15/h3-5,8H,1-2,6-7,9-10H2,(H,17,18)(H,19,20). The van der Waals surface area contributed by atoms with Crippen molar-refractivity contribution in [2.45, 2.75) is 32.1 Å². The van der Waals surface area contributed by atoms with Crippen LogP contribution in [0.5, 0.6) is 0 Å². The number of carboxylic acid groups (broad SMARTS) is 1. The Bertz CT molecular complexity index is 510. The summed E-state index contributed by atoms with van der Waals surface area (Å²) in [5, 5.41) is 12.0. The van der Waals surface area contributed by atoms with Gasteiger partial charge in [-0.05, 0) is 30.5 Å². The molecule has 1 saturated carbocycles. The summed E-state index contributed by atoms with van der Waals surface area (Å²) in [6, 6.07) is 5.85. The van der Waals surface area contributed by atoms with Crippen LogP contribution in [0.25, 0.3) is 0 Å². The van der Waals surface area contributed by atoms with Crippen LogP contribution in [0.15, 0.2) is 24.3 Å². The van der Waals surface area contributed by atoms with E-state index in [-0.39, 0.29) is 24.7 Å². The monoisotopic (exact) mass is 279 g/mol. The molecule has 0 bridgehead atoms. The van der Waals surface area contributed by atoms with Gasteiger partial charge in [-0.3, -0.25) is 9.59 Å². The molecular formula is C15H18FNO3. The molecule has 0 heterocycles. The molecule has 0 unspecified atom stereocenters. The van der Waals surface area contributed by atoms with Crippen LogP contribution < -0.4 is 5.32 Å². The highest BCUT2D eigenvalue weighted by molar-refractivity contribution is 5.80. The molecular weight excluding hydrogens is 261 g/mol. The molecule has 1 amide bonds. The lowest BCUT2D eigenvalue weighted by atomic mass is 9.86. The van der Waals surface area contributed by atoms with Crippen molar-refractivity contribution in [3.63, 3.8) is 0 Å². The number of amides is 1.